The van der Waals surface area contributed by atoms with Crippen LogP contribution in [0.4, 0.5) is 4.79 Å². The van der Waals surface area contributed by atoms with Gasteiger partial charge in [0.1, 0.15) is 5.82 Å². The molecule has 0 radical (unpaired) electrons. The number of aromatic nitrogens is 2. The number of hydrogen-bond acceptors (Lipinski definition) is 2. The van der Waals surface area contributed by atoms with Gasteiger partial charge in [-0.25, -0.2) is 9.78 Å². The molecule has 27 heavy (non-hydrogen) atoms. The quantitative estimate of drug-likeness (QED) is 0.703. The van der Waals surface area contributed by atoms with Crippen molar-refractivity contribution in [2.45, 2.75) is 39.4 Å². The van der Waals surface area contributed by atoms with E-state index >= 15 is 0 Å². The minimum Gasteiger partial charge on any atom is -0.465 e. The van der Waals surface area contributed by atoms with E-state index in [2.05, 4.69) is 12.1 Å². The highest BCUT2D eigenvalue weighted by molar-refractivity contribution is 5.66. The van der Waals surface area contributed by atoms with Crippen LogP contribution in [0.25, 0.3) is 11.3 Å². The topological polar surface area (TPSA) is 58.4 Å². The third kappa shape index (κ3) is 4.56. The van der Waals surface area contributed by atoms with E-state index in [-0.39, 0.29) is 6.54 Å². The van der Waals surface area contributed by atoms with E-state index in [4.69, 9.17) is 4.98 Å². The number of carboxylic acid groups (broad SMARTS) is 1. The lowest BCUT2D eigenvalue weighted by molar-refractivity contribution is 0.0931. The van der Waals surface area contributed by atoms with Crippen LogP contribution in [0, 0.1) is 0 Å². The molecule has 0 spiro atoms. The van der Waals surface area contributed by atoms with Crippen molar-refractivity contribution >= 4 is 6.09 Å². The Hall–Kier alpha value is -3.08. The zero-order valence-electron chi connectivity index (χ0n) is 16.0. The molecular formula is C22H25N3O2. The average Bonchev–Trinajstić information content (AvgIpc) is 3.03. The molecule has 3 aromatic rings. The maximum absolute atomic E-state index is 11.8. The summed E-state index contributed by atoms with van der Waals surface area (Å²) in [7, 11) is 0. The molecule has 1 N–H and O–H groups in total. The molecule has 2 aromatic carbocycles. The van der Waals surface area contributed by atoms with Gasteiger partial charge in [0.2, 0.25) is 0 Å². The van der Waals surface area contributed by atoms with Crippen molar-refractivity contribution in [2.24, 2.45) is 0 Å². The fourth-order valence-electron chi connectivity index (χ4n) is 2.98. The average molecular weight is 363 g/mol. The summed E-state index contributed by atoms with van der Waals surface area (Å²) in [6.45, 7) is 6.56. The van der Waals surface area contributed by atoms with Gasteiger partial charge < -0.3 is 9.67 Å². The van der Waals surface area contributed by atoms with Crippen LogP contribution in [0.2, 0.25) is 0 Å². The monoisotopic (exact) mass is 363 g/mol. The number of hydrogen-bond donors (Lipinski definition) is 1. The first-order valence-electron chi connectivity index (χ1n) is 9.00. The predicted octanol–water partition coefficient (Wildman–Crippen LogP) is 4.88. The van der Waals surface area contributed by atoms with Crippen molar-refractivity contribution < 1.29 is 9.90 Å². The SMILES string of the molecule is CC(C)(C)N(Cc1nc(-c2ccccc2)cn1Cc1ccccc1)C(=O)O. The minimum atomic E-state index is -0.946. The summed E-state index contributed by atoms with van der Waals surface area (Å²) < 4.78 is 2.04. The Morgan fingerprint density at radius 1 is 1.04 bits per heavy atom. The molecule has 0 fully saturated rings. The van der Waals surface area contributed by atoms with Gasteiger partial charge in [0.25, 0.3) is 0 Å². The highest BCUT2D eigenvalue weighted by atomic mass is 16.4. The molecule has 5 nitrogen and oxygen atoms in total. The van der Waals surface area contributed by atoms with E-state index in [9.17, 15) is 9.90 Å². The summed E-state index contributed by atoms with van der Waals surface area (Å²) in [4.78, 5) is 18.0. The second-order valence-corrected chi connectivity index (χ2v) is 7.56. The lowest BCUT2D eigenvalue weighted by atomic mass is 10.1. The fourth-order valence-corrected chi connectivity index (χ4v) is 2.98. The third-order valence-electron chi connectivity index (χ3n) is 4.46. The number of rotatable bonds is 5. The molecule has 0 aliphatic rings. The summed E-state index contributed by atoms with van der Waals surface area (Å²) in [5.74, 6) is 0.732. The van der Waals surface area contributed by atoms with Gasteiger partial charge >= 0.3 is 6.09 Å². The molecule has 1 amide bonds. The Kier molecular flexibility index (Phi) is 5.31. The van der Waals surface area contributed by atoms with Crippen LogP contribution < -0.4 is 0 Å². The highest BCUT2D eigenvalue weighted by Gasteiger charge is 2.28. The number of nitrogens with zero attached hydrogens (tertiary/aromatic N) is 3. The molecule has 0 saturated heterocycles. The first kappa shape index (κ1) is 18.7. The lowest BCUT2D eigenvalue weighted by Crippen LogP contribution is -2.44. The maximum atomic E-state index is 11.8. The van der Waals surface area contributed by atoms with Crippen LogP contribution in [0.1, 0.15) is 32.2 Å². The van der Waals surface area contributed by atoms with Crippen molar-refractivity contribution in [3.8, 4) is 11.3 Å². The van der Waals surface area contributed by atoms with Gasteiger partial charge in [-0.3, -0.25) is 4.90 Å². The predicted molar refractivity (Wildman–Crippen MR) is 107 cm³/mol. The van der Waals surface area contributed by atoms with Crippen LogP contribution in [0.3, 0.4) is 0 Å². The van der Waals surface area contributed by atoms with Crippen LogP contribution in [0.5, 0.6) is 0 Å². The van der Waals surface area contributed by atoms with Gasteiger partial charge in [-0.1, -0.05) is 60.7 Å². The Balaban J connectivity index is 1.99. The maximum Gasteiger partial charge on any atom is 0.408 e. The Bertz CT molecular complexity index is 896. The summed E-state index contributed by atoms with van der Waals surface area (Å²) in [6.07, 6.45) is 1.05. The normalized spacial score (nSPS) is 11.4. The summed E-state index contributed by atoms with van der Waals surface area (Å²) in [6, 6.07) is 20.1. The van der Waals surface area contributed by atoms with E-state index in [1.54, 1.807) is 0 Å². The van der Waals surface area contributed by atoms with Gasteiger partial charge in [-0.2, -0.15) is 0 Å². The molecule has 0 saturated carbocycles. The van der Waals surface area contributed by atoms with Crippen molar-refractivity contribution in [3.63, 3.8) is 0 Å². The van der Waals surface area contributed by atoms with Crippen LogP contribution >= 0.6 is 0 Å². The van der Waals surface area contributed by atoms with E-state index in [0.29, 0.717) is 6.54 Å². The fraction of sp³-hybridized carbons (Fsp3) is 0.273. The zero-order valence-corrected chi connectivity index (χ0v) is 16.0. The second-order valence-electron chi connectivity index (χ2n) is 7.56. The Morgan fingerprint density at radius 2 is 1.63 bits per heavy atom. The molecule has 3 rings (SSSR count). The molecule has 0 unspecified atom stereocenters. The van der Waals surface area contributed by atoms with Crippen LogP contribution in [0.15, 0.2) is 66.9 Å². The summed E-state index contributed by atoms with van der Waals surface area (Å²) in [5, 5.41) is 9.66. The molecular weight excluding hydrogens is 338 g/mol. The van der Waals surface area contributed by atoms with E-state index in [1.807, 2.05) is 80.1 Å². The molecule has 1 heterocycles. The smallest absolute Gasteiger partial charge is 0.408 e. The molecule has 0 atom stereocenters. The van der Waals surface area contributed by atoms with E-state index in [1.165, 1.54) is 4.90 Å². The van der Waals surface area contributed by atoms with Gasteiger partial charge in [0.15, 0.2) is 0 Å². The number of benzene rings is 2. The van der Waals surface area contributed by atoms with Gasteiger partial charge in [-0.05, 0) is 26.3 Å². The minimum absolute atomic E-state index is 0.235. The third-order valence-corrected chi connectivity index (χ3v) is 4.46. The van der Waals surface area contributed by atoms with Crippen LogP contribution in [-0.4, -0.2) is 31.2 Å². The lowest BCUT2D eigenvalue weighted by Gasteiger charge is -2.32. The van der Waals surface area contributed by atoms with Crippen molar-refractivity contribution in [1.29, 1.82) is 0 Å². The molecule has 140 valence electrons. The molecule has 0 aliphatic heterocycles. The first-order valence-corrected chi connectivity index (χ1v) is 9.00. The van der Waals surface area contributed by atoms with Crippen molar-refractivity contribution in [1.82, 2.24) is 14.5 Å². The van der Waals surface area contributed by atoms with E-state index < -0.39 is 11.6 Å². The molecule has 0 aliphatic carbocycles. The van der Waals surface area contributed by atoms with Gasteiger partial charge in [-0.15, -0.1) is 0 Å². The number of imidazole rings is 1. The largest absolute Gasteiger partial charge is 0.465 e. The van der Waals surface area contributed by atoms with Crippen LogP contribution in [-0.2, 0) is 13.1 Å². The van der Waals surface area contributed by atoms with Gasteiger partial charge in [0.05, 0.1) is 12.2 Å². The molecule has 1 aromatic heterocycles. The zero-order chi connectivity index (χ0) is 19.4. The number of amides is 1. The summed E-state index contributed by atoms with van der Waals surface area (Å²) >= 11 is 0. The van der Waals surface area contributed by atoms with E-state index in [0.717, 1.165) is 22.6 Å². The Morgan fingerprint density at radius 3 is 2.19 bits per heavy atom. The van der Waals surface area contributed by atoms with Gasteiger partial charge in [0, 0.05) is 23.8 Å². The Labute approximate surface area is 159 Å². The molecule has 0 bridgehead atoms. The number of carbonyl (C=O) groups is 1. The van der Waals surface area contributed by atoms with Crippen molar-refractivity contribution in [2.75, 3.05) is 0 Å². The molecule has 5 heteroatoms. The van der Waals surface area contributed by atoms with Crippen molar-refractivity contribution in [3.05, 3.63) is 78.2 Å². The standard InChI is InChI=1S/C22H25N3O2/c1-22(2,3)25(21(26)27)16-20-23-19(18-12-8-5-9-13-18)15-24(20)14-17-10-6-4-7-11-17/h4-13,15H,14,16H2,1-3H3,(H,26,27). The first-order chi connectivity index (χ1) is 12.8. The summed E-state index contributed by atoms with van der Waals surface area (Å²) in [5.41, 5.74) is 2.50. The second kappa shape index (κ2) is 7.66. The highest BCUT2D eigenvalue weighted by Crippen LogP contribution is 2.23.